The highest BCUT2D eigenvalue weighted by atomic mass is 16.1. The normalized spacial score (nSPS) is 9.92. The van der Waals surface area contributed by atoms with E-state index in [-0.39, 0.29) is 17.5 Å². The first-order valence-electron chi connectivity index (χ1n) is 3.98. The van der Waals surface area contributed by atoms with Crippen LogP contribution in [0.3, 0.4) is 0 Å². The summed E-state index contributed by atoms with van der Waals surface area (Å²) in [4.78, 5) is 31.5. The van der Waals surface area contributed by atoms with Crippen molar-refractivity contribution in [2.75, 3.05) is 0 Å². The molecule has 0 amide bonds. The Bertz CT molecular complexity index is 168. The molecule has 0 aliphatic heterocycles. The van der Waals surface area contributed by atoms with Gasteiger partial charge in [-0.2, -0.15) is 0 Å². The number of hydrogen-bond acceptors (Lipinski definition) is 3. The van der Waals surface area contributed by atoms with E-state index in [1.807, 2.05) is 0 Å². The Labute approximate surface area is 72.1 Å². The molecule has 0 rings (SSSR count). The number of carbonyl (C=O) groups is 3. The molecule has 0 N–H and O–H groups in total. The summed E-state index contributed by atoms with van der Waals surface area (Å²) >= 11 is 0. The molecule has 3 nitrogen and oxygen atoms in total. The molecule has 0 aromatic rings. The highest BCUT2D eigenvalue weighted by Crippen LogP contribution is 2.12. The number of Topliss-reactive ketones (excluding diaryl/α,β-unsaturated/α-hetero) is 2. The lowest BCUT2D eigenvalue weighted by Gasteiger charge is -2.08. The van der Waals surface area contributed by atoms with Crippen molar-refractivity contribution in [3.8, 4) is 0 Å². The zero-order chi connectivity index (χ0) is 9.56. The molecule has 0 radical (unpaired) electrons. The maximum Gasteiger partial charge on any atom is 0.130 e. The molecule has 0 aliphatic carbocycles. The fourth-order valence-corrected chi connectivity index (χ4v) is 1.19. The molecule has 0 aliphatic rings. The maximum absolute atomic E-state index is 10.7. The van der Waals surface area contributed by atoms with Crippen LogP contribution in [0.2, 0.25) is 0 Å². The Morgan fingerprint density at radius 2 is 1.58 bits per heavy atom. The zero-order valence-corrected chi connectivity index (χ0v) is 7.50. The summed E-state index contributed by atoms with van der Waals surface area (Å²) < 4.78 is 0. The minimum Gasteiger partial charge on any atom is -0.303 e. The lowest BCUT2D eigenvalue weighted by molar-refractivity contribution is -0.120. The van der Waals surface area contributed by atoms with Gasteiger partial charge in [0, 0.05) is 19.3 Å². The molecule has 0 aromatic heterocycles. The molecule has 0 saturated heterocycles. The van der Waals surface area contributed by atoms with Gasteiger partial charge in [0.15, 0.2) is 0 Å². The van der Waals surface area contributed by atoms with Gasteiger partial charge in [-0.15, -0.1) is 0 Å². The second kappa shape index (κ2) is 5.63. The first-order chi connectivity index (χ1) is 5.56. The van der Waals surface area contributed by atoms with Crippen LogP contribution in [0.1, 0.15) is 33.1 Å². The van der Waals surface area contributed by atoms with E-state index < -0.39 is 0 Å². The quantitative estimate of drug-likeness (QED) is 0.562. The monoisotopic (exact) mass is 170 g/mol. The number of rotatable bonds is 6. The van der Waals surface area contributed by atoms with Crippen LogP contribution in [0.25, 0.3) is 0 Å². The molecule has 0 heterocycles. The van der Waals surface area contributed by atoms with Crippen LogP contribution in [-0.4, -0.2) is 17.9 Å². The third kappa shape index (κ3) is 5.77. The van der Waals surface area contributed by atoms with Crippen LogP contribution >= 0.6 is 0 Å². The highest BCUT2D eigenvalue weighted by Gasteiger charge is 2.12. The molecular formula is C9H14O3. The second-order valence-corrected chi connectivity index (χ2v) is 3.08. The van der Waals surface area contributed by atoms with E-state index in [9.17, 15) is 14.4 Å². The van der Waals surface area contributed by atoms with Crippen molar-refractivity contribution in [1.29, 1.82) is 0 Å². The Hall–Kier alpha value is -0.990. The van der Waals surface area contributed by atoms with Gasteiger partial charge in [-0.1, -0.05) is 0 Å². The van der Waals surface area contributed by atoms with E-state index in [4.69, 9.17) is 0 Å². The zero-order valence-electron chi connectivity index (χ0n) is 7.50. The number of hydrogen-bond donors (Lipinski definition) is 0. The second-order valence-electron chi connectivity index (χ2n) is 3.08. The van der Waals surface area contributed by atoms with Crippen LogP contribution in [-0.2, 0) is 14.4 Å². The van der Waals surface area contributed by atoms with E-state index in [0.717, 1.165) is 6.29 Å². The van der Waals surface area contributed by atoms with Gasteiger partial charge in [0.1, 0.15) is 17.9 Å². The fourth-order valence-electron chi connectivity index (χ4n) is 1.19. The Morgan fingerprint density at radius 3 is 1.83 bits per heavy atom. The van der Waals surface area contributed by atoms with Gasteiger partial charge >= 0.3 is 0 Å². The van der Waals surface area contributed by atoms with Gasteiger partial charge in [-0.05, 0) is 19.8 Å². The standard InChI is InChI=1S/C9H14O3/c1-7(11)5-9(3-4-10)6-8(2)12/h4,9H,3,5-6H2,1-2H3. The van der Waals surface area contributed by atoms with Crippen molar-refractivity contribution >= 4 is 17.9 Å². The SMILES string of the molecule is CC(=O)CC(CC=O)CC(C)=O. The number of ketones is 2. The average Bonchev–Trinajstić information content (AvgIpc) is 1.84. The first-order valence-corrected chi connectivity index (χ1v) is 3.98. The molecule has 0 atom stereocenters. The van der Waals surface area contributed by atoms with Crippen molar-refractivity contribution < 1.29 is 14.4 Å². The van der Waals surface area contributed by atoms with E-state index in [1.165, 1.54) is 13.8 Å². The summed E-state index contributed by atoms with van der Waals surface area (Å²) in [5.41, 5.74) is 0. The molecule has 0 unspecified atom stereocenters. The highest BCUT2D eigenvalue weighted by molar-refractivity contribution is 5.79. The Kier molecular flexibility index (Phi) is 5.17. The largest absolute Gasteiger partial charge is 0.303 e. The minimum atomic E-state index is -0.0856. The predicted molar refractivity (Wildman–Crippen MR) is 44.8 cm³/mol. The molecule has 0 bridgehead atoms. The molecule has 0 spiro atoms. The first kappa shape index (κ1) is 11.0. The number of aldehydes is 1. The van der Waals surface area contributed by atoms with Crippen molar-refractivity contribution in [3.05, 3.63) is 0 Å². The molecule has 12 heavy (non-hydrogen) atoms. The maximum atomic E-state index is 10.7. The minimum absolute atomic E-state index is 0.0306. The Balaban J connectivity index is 3.93. The van der Waals surface area contributed by atoms with Crippen LogP contribution < -0.4 is 0 Å². The van der Waals surface area contributed by atoms with Gasteiger partial charge in [-0.25, -0.2) is 0 Å². The van der Waals surface area contributed by atoms with E-state index in [2.05, 4.69) is 0 Å². The molecular weight excluding hydrogens is 156 g/mol. The molecule has 0 fully saturated rings. The summed E-state index contributed by atoms with van der Waals surface area (Å²) in [7, 11) is 0. The Morgan fingerprint density at radius 1 is 1.17 bits per heavy atom. The van der Waals surface area contributed by atoms with Gasteiger partial charge in [-0.3, -0.25) is 0 Å². The summed E-state index contributed by atoms with van der Waals surface area (Å²) in [5.74, 6) is -0.0244. The topological polar surface area (TPSA) is 51.2 Å². The third-order valence-electron chi connectivity index (χ3n) is 1.58. The van der Waals surface area contributed by atoms with E-state index in [0.29, 0.717) is 19.3 Å². The van der Waals surface area contributed by atoms with E-state index >= 15 is 0 Å². The predicted octanol–water partition coefficient (Wildman–Crippen LogP) is 1.15. The van der Waals surface area contributed by atoms with Gasteiger partial charge < -0.3 is 14.4 Å². The smallest absolute Gasteiger partial charge is 0.130 e. The van der Waals surface area contributed by atoms with Crippen LogP contribution in [0.15, 0.2) is 0 Å². The summed E-state index contributed by atoms with van der Waals surface area (Å²) in [6.07, 6.45) is 1.73. The molecule has 3 heteroatoms. The van der Waals surface area contributed by atoms with Gasteiger partial charge in [0.25, 0.3) is 0 Å². The molecule has 0 aromatic carbocycles. The lowest BCUT2D eigenvalue weighted by Crippen LogP contribution is -2.10. The lowest BCUT2D eigenvalue weighted by atomic mass is 9.94. The van der Waals surface area contributed by atoms with Crippen molar-refractivity contribution in [2.24, 2.45) is 5.92 Å². The van der Waals surface area contributed by atoms with Crippen LogP contribution in [0.4, 0.5) is 0 Å². The summed E-state index contributed by atoms with van der Waals surface area (Å²) in [6, 6.07) is 0. The van der Waals surface area contributed by atoms with Crippen molar-refractivity contribution in [2.45, 2.75) is 33.1 Å². The summed E-state index contributed by atoms with van der Waals surface area (Å²) in [6.45, 7) is 2.94. The van der Waals surface area contributed by atoms with Gasteiger partial charge in [0.2, 0.25) is 0 Å². The number of carbonyl (C=O) groups excluding carboxylic acids is 3. The molecule has 0 saturated carbocycles. The van der Waals surface area contributed by atoms with Gasteiger partial charge in [0.05, 0.1) is 0 Å². The van der Waals surface area contributed by atoms with Crippen LogP contribution in [0.5, 0.6) is 0 Å². The van der Waals surface area contributed by atoms with E-state index in [1.54, 1.807) is 0 Å². The average molecular weight is 170 g/mol. The third-order valence-corrected chi connectivity index (χ3v) is 1.58. The van der Waals surface area contributed by atoms with Crippen molar-refractivity contribution in [1.82, 2.24) is 0 Å². The fraction of sp³-hybridized carbons (Fsp3) is 0.667. The molecule has 68 valence electrons. The van der Waals surface area contributed by atoms with Crippen LogP contribution in [0, 0.1) is 5.92 Å². The summed E-state index contributed by atoms with van der Waals surface area (Å²) in [5, 5.41) is 0. The van der Waals surface area contributed by atoms with Crippen molar-refractivity contribution in [3.63, 3.8) is 0 Å².